The molecule has 0 bridgehead atoms. The fourth-order valence-corrected chi connectivity index (χ4v) is 7.79. The molecule has 0 spiro atoms. The van der Waals surface area contributed by atoms with Crippen molar-refractivity contribution in [3.63, 3.8) is 0 Å². The zero-order chi connectivity index (χ0) is 29.1. The molecule has 0 saturated heterocycles. The number of carbonyl (C=O) groups excluding carboxylic acids is 3. The number of rotatable bonds is 5. The van der Waals surface area contributed by atoms with E-state index in [1.807, 2.05) is 0 Å². The number of hydrogen-bond donors (Lipinski definition) is 1. The lowest BCUT2D eigenvalue weighted by Crippen LogP contribution is -2.72. The number of ketones is 1. The second-order valence-corrected chi connectivity index (χ2v) is 12.6. The number of fused-ring (bicyclic) bond motifs is 5. The van der Waals surface area contributed by atoms with Crippen molar-refractivity contribution in [3.05, 3.63) is 23.8 Å². The van der Waals surface area contributed by atoms with E-state index in [-0.39, 0.29) is 24.3 Å². The topological polar surface area (TPSA) is 123 Å². The van der Waals surface area contributed by atoms with E-state index >= 15 is 8.78 Å². The highest BCUT2D eigenvalue weighted by molar-refractivity contribution is 6.01. The van der Waals surface area contributed by atoms with Gasteiger partial charge in [-0.1, -0.05) is 26.8 Å². The maximum atomic E-state index is 17.8. The first-order valence-corrected chi connectivity index (χ1v) is 13.5. The van der Waals surface area contributed by atoms with Crippen LogP contribution in [0.2, 0.25) is 0 Å². The molecule has 3 fully saturated rings. The van der Waals surface area contributed by atoms with E-state index in [0.29, 0.717) is 6.42 Å². The van der Waals surface area contributed by atoms with Gasteiger partial charge in [-0.05, 0) is 75.0 Å². The van der Waals surface area contributed by atoms with Gasteiger partial charge in [0.25, 0.3) is 0 Å². The summed E-state index contributed by atoms with van der Waals surface area (Å²) in [4.78, 5) is 38.3. The highest BCUT2D eigenvalue weighted by Crippen LogP contribution is 2.70. The molecule has 4 aliphatic carbocycles. The molecule has 214 valence electrons. The number of nitriles is 1. The van der Waals surface area contributed by atoms with Gasteiger partial charge in [-0.3, -0.25) is 9.59 Å². The van der Waals surface area contributed by atoms with Crippen LogP contribution < -0.4 is 0 Å². The summed E-state index contributed by atoms with van der Waals surface area (Å²) in [5.74, 6) is -4.41. The molecule has 4 aliphatic rings. The Morgan fingerprint density at radius 2 is 1.97 bits per heavy atom. The molecule has 10 heteroatoms. The van der Waals surface area contributed by atoms with Crippen LogP contribution in [0.3, 0.4) is 0 Å². The molecule has 39 heavy (non-hydrogen) atoms. The van der Waals surface area contributed by atoms with Gasteiger partial charge in [-0.15, -0.1) is 0 Å². The molecule has 0 aromatic rings. The first-order chi connectivity index (χ1) is 18.1. The minimum atomic E-state index is -2.54. The van der Waals surface area contributed by atoms with Gasteiger partial charge in [0.15, 0.2) is 24.2 Å². The number of allylic oxidation sites excluding steroid dienone is 3. The third-order valence-electron chi connectivity index (χ3n) is 9.98. The Balaban J connectivity index is 1.85. The van der Waals surface area contributed by atoms with Gasteiger partial charge in [-0.2, -0.15) is 5.26 Å². The van der Waals surface area contributed by atoms with Crippen LogP contribution >= 0.6 is 0 Å². The lowest BCUT2D eigenvalue weighted by Gasteiger charge is -2.63. The summed E-state index contributed by atoms with van der Waals surface area (Å²) in [6.45, 7) is 9.63. The van der Waals surface area contributed by atoms with Gasteiger partial charge in [0, 0.05) is 11.3 Å². The van der Waals surface area contributed by atoms with Crippen LogP contribution in [0.15, 0.2) is 23.8 Å². The van der Waals surface area contributed by atoms with Gasteiger partial charge >= 0.3 is 12.1 Å². The van der Waals surface area contributed by atoms with Crippen LogP contribution in [0.1, 0.15) is 60.8 Å². The summed E-state index contributed by atoms with van der Waals surface area (Å²) in [6.07, 6.45) is -2.65. The molecule has 0 aromatic carbocycles. The summed E-state index contributed by atoms with van der Waals surface area (Å²) in [7, 11) is 0. The number of ether oxygens (including phenoxy) is 3. The average molecular weight is 550 g/mol. The number of alkyl halides is 2. The zero-order valence-electron chi connectivity index (χ0n) is 23.2. The van der Waals surface area contributed by atoms with Crippen molar-refractivity contribution in [2.75, 3.05) is 6.61 Å². The Hall–Kier alpha value is -2.80. The molecule has 0 aromatic heterocycles. The van der Waals surface area contributed by atoms with Crippen molar-refractivity contribution < 1.29 is 42.5 Å². The number of aliphatic hydroxyl groups is 1. The van der Waals surface area contributed by atoms with E-state index in [2.05, 4.69) is 0 Å². The third kappa shape index (κ3) is 4.28. The SMILES string of the molecule is CCC(C)(C)OC(=O)OC1[C@H](F)C2=CC(=O)C=C[C@]2(C)C2(F)[C@@H](O)C[C@]3(C)[C@H](C(=O)OCC#N)[C@H](C)C[C@H]3[C@H]12. The number of halogens is 2. The normalized spacial score (nSPS) is 42.8. The maximum Gasteiger partial charge on any atom is 0.509 e. The Morgan fingerprint density at radius 1 is 1.31 bits per heavy atom. The van der Waals surface area contributed by atoms with Gasteiger partial charge in [-0.25, -0.2) is 13.6 Å². The van der Waals surface area contributed by atoms with E-state index < -0.39 is 82.7 Å². The van der Waals surface area contributed by atoms with Crippen molar-refractivity contribution in [1.82, 2.24) is 0 Å². The van der Waals surface area contributed by atoms with E-state index in [1.165, 1.54) is 13.0 Å². The number of nitrogens with zero attached hydrogens (tertiary/aromatic N) is 1. The number of aliphatic hydroxyl groups excluding tert-OH is 1. The van der Waals surface area contributed by atoms with Crippen molar-refractivity contribution in [2.45, 2.75) is 90.5 Å². The van der Waals surface area contributed by atoms with E-state index in [9.17, 15) is 19.5 Å². The van der Waals surface area contributed by atoms with Crippen LogP contribution in [0.4, 0.5) is 13.6 Å². The molecule has 1 N–H and O–H groups in total. The van der Waals surface area contributed by atoms with Gasteiger partial charge in [0.05, 0.1) is 12.0 Å². The largest absolute Gasteiger partial charge is 0.509 e. The van der Waals surface area contributed by atoms with E-state index in [1.54, 1.807) is 40.7 Å². The molecule has 0 radical (unpaired) electrons. The molecule has 2 unspecified atom stereocenters. The van der Waals surface area contributed by atoms with Crippen molar-refractivity contribution >= 4 is 17.9 Å². The lowest BCUT2D eigenvalue weighted by atomic mass is 9.44. The van der Waals surface area contributed by atoms with Crippen LogP contribution in [-0.4, -0.2) is 59.3 Å². The van der Waals surface area contributed by atoms with Gasteiger partial charge < -0.3 is 19.3 Å². The molecule has 0 amide bonds. The molecule has 8 nitrogen and oxygen atoms in total. The number of esters is 1. The minimum absolute atomic E-state index is 0.150. The average Bonchev–Trinajstić information content (AvgIpc) is 3.11. The summed E-state index contributed by atoms with van der Waals surface area (Å²) < 4.78 is 50.4. The van der Waals surface area contributed by atoms with Crippen LogP contribution in [-0.2, 0) is 23.8 Å². The summed E-state index contributed by atoms with van der Waals surface area (Å²) in [5, 5.41) is 20.5. The minimum Gasteiger partial charge on any atom is -0.450 e. The lowest BCUT2D eigenvalue weighted by molar-refractivity contribution is -0.237. The molecular weight excluding hydrogens is 512 g/mol. The Bertz CT molecular complexity index is 1160. The molecule has 0 heterocycles. The van der Waals surface area contributed by atoms with E-state index in [4.69, 9.17) is 19.5 Å². The van der Waals surface area contributed by atoms with E-state index in [0.717, 1.165) is 12.2 Å². The fraction of sp³-hybridized carbons (Fsp3) is 0.724. The second kappa shape index (κ2) is 9.69. The Morgan fingerprint density at radius 3 is 2.59 bits per heavy atom. The molecule has 4 rings (SSSR count). The predicted octanol–water partition coefficient (Wildman–Crippen LogP) is 4.55. The summed E-state index contributed by atoms with van der Waals surface area (Å²) in [5.41, 5.74) is -6.44. The van der Waals surface area contributed by atoms with Gasteiger partial charge in [0.1, 0.15) is 17.8 Å². The zero-order valence-corrected chi connectivity index (χ0v) is 23.2. The van der Waals surface area contributed by atoms with Crippen LogP contribution in [0.5, 0.6) is 0 Å². The first kappa shape index (κ1) is 29.2. The van der Waals surface area contributed by atoms with Crippen molar-refractivity contribution in [2.24, 2.45) is 34.5 Å². The standard InChI is InChI=1S/C29H37F2NO7/c1-7-26(3,4)39-25(36)38-23-21-17-12-15(2)20(24(35)37-11-10-32)27(17,5)14-19(34)29(21,31)28(6)9-8-16(33)13-18(28)22(23)30/h8-9,13,15,17,19-23,34H,7,11-12,14H2,1-6H3/t15-,17+,19+,20+,21-,22-,23?,27+,28+,29?/m1/s1. The maximum absolute atomic E-state index is 17.8. The molecule has 10 atom stereocenters. The smallest absolute Gasteiger partial charge is 0.450 e. The number of carbonyl (C=O) groups is 3. The van der Waals surface area contributed by atoms with Gasteiger partial charge in [0.2, 0.25) is 0 Å². The highest BCUT2D eigenvalue weighted by Gasteiger charge is 2.76. The number of hydrogen-bond acceptors (Lipinski definition) is 8. The van der Waals surface area contributed by atoms with Crippen LogP contribution in [0, 0.1) is 45.8 Å². The Kier molecular flexibility index (Phi) is 7.25. The monoisotopic (exact) mass is 549 g/mol. The summed E-state index contributed by atoms with van der Waals surface area (Å²) in [6, 6.07) is 1.76. The molecule has 3 saturated carbocycles. The Labute approximate surface area is 227 Å². The quantitative estimate of drug-likeness (QED) is 0.496. The third-order valence-corrected chi connectivity index (χ3v) is 9.98. The molecule has 0 aliphatic heterocycles. The fourth-order valence-electron chi connectivity index (χ4n) is 7.79. The van der Waals surface area contributed by atoms with Crippen molar-refractivity contribution in [1.29, 1.82) is 5.26 Å². The molecular formula is C29H37F2NO7. The first-order valence-electron chi connectivity index (χ1n) is 13.5. The highest BCUT2D eigenvalue weighted by atomic mass is 19.1. The summed E-state index contributed by atoms with van der Waals surface area (Å²) >= 11 is 0. The predicted molar refractivity (Wildman–Crippen MR) is 134 cm³/mol. The second-order valence-electron chi connectivity index (χ2n) is 12.6. The van der Waals surface area contributed by atoms with Crippen molar-refractivity contribution in [3.8, 4) is 6.07 Å². The van der Waals surface area contributed by atoms with Crippen LogP contribution in [0.25, 0.3) is 0 Å².